The van der Waals surface area contributed by atoms with Crippen LogP contribution in [0.15, 0.2) is 41.4 Å². The van der Waals surface area contributed by atoms with Gasteiger partial charge >= 0.3 is 0 Å². The Labute approximate surface area is 166 Å². The Morgan fingerprint density at radius 1 is 1.32 bits per heavy atom. The highest BCUT2D eigenvalue weighted by Gasteiger charge is 2.28. The first-order valence-electron chi connectivity index (χ1n) is 8.38. The third-order valence-electron chi connectivity index (χ3n) is 4.30. The van der Waals surface area contributed by atoms with Crippen LogP contribution in [0.25, 0.3) is 11.0 Å². The first-order valence-corrected chi connectivity index (χ1v) is 10.2. The minimum Gasteiger partial charge on any atom is -0.493 e. The van der Waals surface area contributed by atoms with Crippen molar-refractivity contribution in [1.82, 2.24) is 8.96 Å². The van der Waals surface area contributed by atoms with Crippen LogP contribution < -0.4 is 10.5 Å². The molecule has 0 unspecified atom stereocenters. The van der Waals surface area contributed by atoms with Gasteiger partial charge in [0.25, 0.3) is 16.5 Å². The lowest BCUT2D eigenvalue weighted by Crippen LogP contribution is -2.14. The van der Waals surface area contributed by atoms with Gasteiger partial charge in [0.1, 0.15) is 10.9 Å². The van der Waals surface area contributed by atoms with Gasteiger partial charge in [0.15, 0.2) is 0 Å². The van der Waals surface area contributed by atoms with Crippen molar-refractivity contribution in [3.63, 3.8) is 0 Å². The van der Waals surface area contributed by atoms with Crippen molar-refractivity contribution in [2.45, 2.75) is 17.7 Å². The minimum absolute atomic E-state index is 0.250. The first kappa shape index (κ1) is 20.1. The predicted octanol–water partition coefficient (Wildman–Crippen LogP) is 2.06. The van der Waals surface area contributed by atoms with Crippen molar-refractivity contribution < 1.29 is 23.1 Å². The van der Waals surface area contributed by atoms with Gasteiger partial charge in [-0.25, -0.2) is 17.4 Å². The van der Waals surface area contributed by atoms with Crippen LogP contribution >= 0.6 is 11.6 Å². The summed E-state index contributed by atoms with van der Waals surface area (Å²) in [4.78, 5) is 12.9. The van der Waals surface area contributed by atoms with Crippen molar-refractivity contribution in [2.24, 2.45) is 5.73 Å². The Kier molecular flexibility index (Phi) is 5.87. The van der Waals surface area contributed by atoms with Gasteiger partial charge in [0.05, 0.1) is 22.5 Å². The summed E-state index contributed by atoms with van der Waals surface area (Å²) in [6, 6.07) is 8.35. The quantitative estimate of drug-likeness (QED) is 0.486. The molecule has 0 saturated carbocycles. The number of hydrogen-bond acceptors (Lipinski definition) is 6. The second kappa shape index (κ2) is 8.17. The van der Waals surface area contributed by atoms with Gasteiger partial charge in [0, 0.05) is 18.2 Å². The van der Waals surface area contributed by atoms with Crippen molar-refractivity contribution >= 4 is 39.1 Å². The highest BCUT2D eigenvalue weighted by atomic mass is 35.5. The molecule has 1 aliphatic heterocycles. The fraction of sp³-hybridized carbons (Fsp3) is 0.222. The predicted molar refractivity (Wildman–Crippen MR) is 104 cm³/mol. The Hall–Kier alpha value is -2.62. The molecule has 28 heavy (non-hydrogen) atoms. The molecule has 3 aromatic rings. The second-order valence-electron chi connectivity index (χ2n) is 5.93. The van der Waals surface area contributed by atoms with Crippen molar-refractivity contribution in [1.29, 1.82) is 0 Å². The number of nitrogens with two attached hydrogens (primary N) is 1. The smallest absolute Gasteiger partial charge is 0.290 e. The molecule has 8 nitrogen and oxygen atoms in total. The molecule has 2 aromatic heterocycles. The van der Waals surface area contributed by atoms with Crippen LogP contribution in [-0.2, 0) is 27.7 Å². The van der Waals surface area contributed by atoms with Gasteiger partial charge in [-0.05, 0) is 42.8 Å². The van der Waals surface area contributed by atoms with Crippen molar-refractivity contribution in [3.8, 4) is 5.75 Å². The van der Waals surface area contributed by atoms with Gasteiger partial charge in [-0.1, -0.05) is 17.7 Å². The van der Waals surface area contributed by atoms with E-state index in [2.05, 4.69) is 4.98 Å². The Balaban J connectivity index is 0.000000706. The maximum atomic E-state index is 13.3. The van der Waals surface area contributed by atoms with E-state index in [1.165, 1.54) is 3.97 Å². The van der Waals surface area contributed by atoms with Crippen LogP contribution in [0.1, 0.15) is 11.1 Å². The SMILES string of the molecule is NCCc1cn(S(=O)(=O)c2cccc3c2CCO3)c2ccc(Cl)nc12.O=CO. The molecule has 0 radical (unpaired) electrons. The molecular formula is C18H18ClN3O5S. The molecule has 3 N–H and O–H groups in total. The molecule has 1 aromatic carbocycles. The number of nitrogens with zero attached hydrogens (tertiary/aromatic N) is 2. The lowest BCUT2D eigenvalue weighted by atomic mass is 10.2. The molecule has 3 heterocycles. The summed E-state index contributed by atoms with van der Waals surface area (Å²) in [6.07, 6.45) is 2.68. The van der Waals surface area contributed by atoms with E-state index >= 15 is 0 Å². The third kappa shape index (κ3) is 3.56. The standard InChI is InChI=1S/C17H16ClN3O3S.CH2O2/c18-16-5-4-13-17(20-16)11(6-8-19)10-21(13)25(22,23)15-3-1-2-14-12(15)7-9-24-14;2-1-3/h1-5,10H,6-9,19H2;1H,(H,2,3). The number of carboxylic acid groups (broad SMARTS) is 1. The van der Waals surface area contributed by atoms with E-state index in [9.17, 15) is 8.42 Å². The first-order chi connectivity index (χ1) is 13.4. The number of hydrogen-bond donors (Lipinski definition) is 2. The summed E-state index contributed by atoms with van der Waals surface area (Å²) >= 11 is 5.99. The van der Waals surface area contributed by atoms with E-state index in [1.807, 2.05) is 0 Å². The molecule has 0 aliphatic carbocycles. The fourth-order valence-electron chi connectivity index (χ4n) is 3.19. The molecule has 0 fully saturated rings. The van der Waals surface area contributed by atoms with Gasteiger partial charge in [-0.15, -0.1) is 0 Å². The van der Waals surface area contributed by atoms with Crippen LogP contribution in [0.2, 0.25) is 5.15 Å². The Bertz CT molecular complexity index is 1130. The average molecular weight is 424 g/mol. The summed E-state index contributed by atoms with van der Waals surface area (Å²) in [5.41, 5.74) is 8.18. The summed E-state index contributed by atoms with van der Waals surface area (Å²) in [5.74, 6) is 0.626. The Morgan fingerprint density at radius 2 is 2.07 bits per heavy atom. The number of halogens is 1. The maximum absolute atomic E-state index is 13.3. The molecule has 1 aliphatic rings. The van der Waals surface area contributed by atoms with E-state index in [0.717, 1.165) is 5.56 Å². The molecule has 0 spiro atoms. The summed E-state index contributed by atoms with van der Waals surface area (Å²) < 4.78 is 33.4. The zero-order valence-electron chi connectivity index (χ0n) is 14.7. The number of carbonyl (C=O) groups is 1. The minimum atomic E-state index is -3.79. The normalized spacial score (nSPS) is 12.8. The number of fused-ring (bicyclic) bond motifs is 2. The molecule has 148 valence electrons. The lowest BCUT2D eigenvalue weighted by molar-refractivity contribution is -0.122. The number of ether oxygens (including phenoxy) is 1. The zero-order valence-corrected chi connectivity index (χ0v) is 16.3. The number of rotatable bonds is 4. The fourth-order valence-corrected chi connectivity index (χ4v) is 4.99. The van der Waals surface area contributed by atoms with Crippen molar-refractivity contribution in [2.75, 3.05) is 13.2 Å². The van der Waals surface area contributed by atoms with Crippen LogP contribution in [-0.4, -0.2) is 42.1 Å². The van der Waals surface area contributed by atoms with Gasteiger partial charge < -0.3 is 15.6 Å². The van der Waals surface area contributed by atoms with Crippen LogP contribution in [0.5, 0.6) is 5.75 Å². The molecule has 0 bridgehead atoms. The van der Waals surface area contributed by atoms with E-state index in [0.29, 0.717) is 53.5 Å². The largest absolute Gasteiger partial charge is 0.493 e. The van der Waals surface area contributed by atoms with Gasteiger partial charge in [0.2, 0.25) is 0 Å². The van der Waals surface area contributed by atoms with E-state index in [1.54, 1.807) is 36.5 Å². The molecule has 4 rings (SSSR count). The van der Waals surface area contributed by atoms with Crippen molar-refractivity contribution in [3.05, 3.63) is 52.8 Å². The molecular weight excluding hydrogens is 406 g/mol. The van der Waals surface area contributed by atoms with E-state index < -0.39 is 10.0 Å². The Morgan fingerprint density at radius 3 is 2.79 bits per heavy atom. The molecule has 10 heteroatoms. The number of aromatic nitrogens is 2. The number of benzene rings is 1. The van der Waals surface area contributed by atoms with Crippen LogP contribution in [0, 0.1) is 0 Å². The second-order valence-corrected chi connectivity index (χ2v) is 8.10. The van der Waals surface area contributed by atoms with Gasteiger partial charge in [-0.3, -0.25) is 4.79 Å². The number of pyridine rings is 1. The maximum Gasteiger partial charge on any atom is 0.290 e. The lowest BCUT2D eigenvalue weighted by Gasteiger charge is -2.10. The van der Waals surface area contributed by atoms with Crippen LogP contribution in [0.3, 0.4) is 0 Å². The molecule has 0 saturated heterocycles. The van der Waals surface area contributed by atoms with Crippen LogP contribution in [0.4, 0.5) is 0 Å². The third-order valence-corrected chi connectivity index (χ3v) is 6.27. The highest BCUT2D eigenvalue weighted by molar-refractivity contribution is 7.90. The highest BCUT2D eigenvalue weighted by Crippen LogP contribution is 2.34. The summed E-state index contributed by atoms with van der Waals surface area (Å²) in [5, 5.41) is 7.20. The van der Waals surface area contributed by atoms with Gasteiger partial charge in [-0.2, -0.15) is 0 Å². The summed E-state index contributed by atoms with van der Waals surface area (Å²) in [7, 11) is -3.79. The molecule has 0 atom stereocenters. The topological polar surface area (TPSA) is 125 Å². The average Bonchev–Trinajstić information content (AvgIpc) is 3.27. The zero-order chi connectivity index (χ0) is 20.3. The molecule has 0 amide bonds. The monoisotopic (exact) mass is 423 g/mol. The summed E-state index contributed by atoms with van der Waals surface area (Å²) in [6.45, 7) is 0.631. The van der Waals surface area contributed by atoms with E-state index in [4.69, 9.17) is 32.0 Å². The van der Waals surface area contributed by atoms with E-state index in [-0.39, 0.29) is 11.4 Å².